The fraction of sp³-hybridized carbons (Fsp3) is 0.400. The first kappa shape index (κ1) is 22.4. The second-order valence-electron chi connectivity index (χ2n) is 6.71. The Morgan fingerprint density at radius 1 is 1.19 bits per heavy atom. The minimum atomic E-state index is -0.00178. The Kier molecular flexibility index (Phi) is 9.06. The van der Waals surface area contributed by atoms with Gasteiger partial charge in [-0.1, -0.05) is 36.8 Å². The molecule has 4 nitrogen and oxygen atoms in total. The third kappa shape index (κ3) is 5.70. The van der Waals surface area contributed by atoms with Crippen molar-refractivity contribution in [3.05, 3.63) is 54.4 Å². The SMILES string of the molecule is CC(NC(=O)C[C@@H]1CCC[C@H]1N)c1ccc(-c2cccnc2)cc1.Cl.Cl. The Labute approximate surface area is 167 Å². The molecule has 1 aromatic carbocycles. The molecule has 0 saturated heterocycles. The van der Waals surface area contributed by atoms with Crippen molar-refractivity contribution >= 4 is 30.7 Å². The zero-order chi connectivity index (χ0) is 16.9. The van der Waals surface area contributed by atoms with E-state index in [-0.39, 0.29) is 42.8 Å². The van der Waals surface area contributed by atoms with Crippen LogP contribution in [-0.2, 0) is 4.79 Å². The monoisotopic (exact) mass is 395 g/mol. The topological polar surface area (TPSA) is 68.0 Å². The average Bonchev–Trinajstić information content (AvgIpc) is 3.00. The van der Waals surface area contributed by atoms with Gasteiger partial charge in [0, 0.05) is 24.9 Å². The maximum Gasteiger partial charge on any atom is 0.220 e. The van der Waals surface area contributed by atoms with Gasteiger partial charge in [-0.05, 0) is 48.4 Å². The molecule has 1 amide bonds. The number of rotatable bonds is 5. The number of carbonyl (C=O) groups is 1. The molecule has 6 heteroatoms. The van der Waals surface area contributed by atoms with E-state index in [0.717, 1.165) is 36.0 Å². The smallest absolute Gasteiger partial charge is 0.220 e. The highest BCUT2D eigenvalue weighted by molar-refractivity contribution is 5.85. The Morgan fingerprint density at radius 3 is 2.50 bits per heavy atom. The quantitative estimate of drug-likeness (QED) is 0.793. The van der Waals surface area contributed by atoms with Crippen molar-refractivity contribution in [3.63, 3.8) is 0 Å². The molecule has 1 heterocycles. The lowest BCUT2D eigenvalue weighted by Gasteiger charge is -2.18. The van der Waals surface area contributed by atoms with Crippen LogP contribution in [0.3, 0.4) is 0 Å². The highest BCUT2D eigenvalue weighted by atomic mass is 35.5. The van der Waals surface area contributed by atoms with E-state index in [1.807, 2.05) is 25.3 Å². The van der Waals surface area contributed by atoms with Gasteiger partial charge in [0.25, 0.3) is 0 Å². The summed E-state index contributed by atoms with van der Waals surface area (Å²) >= 11 is 0. The number of hydrogen-bond donors (Lipinski definition) is 2. The molecule has 3 N–H and O–H groups in total. The van der Waals surface area contributed by atoms with Crippen LogP contribution in [0.25, 0.3) is 11.1 Å². The molecule has 1 saturated carbocycles. The van der Waals surface area contributed by atoms with Crippen molar-refractivity contribution in [2.45, 2.75) is 44.7 Å². The lowest BCUT2D eigenvalue weighted by Crippen LogP contribution is -2.32. The predicted octanol–water partition coefficient (Wildman–Crippen LogP) is 4.29. The van der Waals surface area contributed by atoms with Gasteiger partial charge in [0.1, 0.15) is 0 Å². The zero-order valence-corrected chi connectivity index (χ0v) is 16.6. The Hall–Kier alpha value is -1.62. The van der Waals surface area contributed by atoms with Gasteiger partial charge in [0.15, 0.2) is 0 Å². The average molecular weight is 396 g/mol. The van der Waals surface area contributed by atoms with E-state index in [4.69, 9.17) is 5.73 Å². The maximum atomic E-state index is 12.2. The molecule has 0 radical (unpaired) electrons. The van der Waals surface area contributed by atoms with Crippen molar-refractivity contribution < 1.29 is 4.79 Å². The third-order valence-corrected chi connectivity index (χ3v) is 4.95. The van der Waals surface area contributed by atoms with Gasteiger partial charge in [-0.3, -0.25) is 9.78 Å². The Bertz CT molecular complexity index is 679. The summed E-state index contributed by atoms with van der Waals surface area (Å²) in [5.41, 5.74) is 9.38. The summed E-state index contributed by atoms with van der Waals surface area (Å²) in [6, 6.07) is 12.4. The van der Waals surface area contributed by atoms with Gasteiger partial charge >= 0.3 is 0 Å². The highest BCUT2D eigenvalue weighted by Crippen LogP contribution is 2.27. The lowest BCUT2D eigenvalue weighted by molar-refractivity contribution is -0.122. The molecule has 2 aromatic rings. The minimum absolute atomic E-state index is 0. The van der Waals surface area contributed by atoms with E-state index in [0.29, 0.717) is 12.3 Å². The van der Waals surface area contributed by atoms with E-state index < -0.39 is 0 Å². The normalized spacial score (nSPS) is 19.8. The number of nitrogens with two attached hydrogens (primary N) is 1. The summed E-state index contributed by atoms with van der Waals surface area (Å²) in [7, 11) is 0. The molecule has 0 spiro atoms. The van der Waals surface area contributed by atoms with Crippen LogP contribution in [0.4, 0.5) is 0 Å². The van der Waals surface area contributed by atoms with E-state index in [1.54, 1.807) is 6.20 Å². The summed E-state index contributed by atoms with van der Waals surface area (Å²) in [4.78, 5) is 16.4. The number of aromatic nitrogens is 1. The molecule has 0 aliphatic heterocycles. The molecule has 1 aliphatic carbocycles. The number of nitrogens with zero attached hydrogens (tertiary/aromatic N) is 1. The van der Waals surface area contributed by atoms with Gasteiger partial charge in [-0.25, -0.2) is 0 Å². The van der Waals surface area contributed by atoms with Gasteiger partial charge in [-0.2, -0.15) is 0 Å². The van der Waals surface area contributed by atoms with Crippen LogP contribution in [0.2, 0.25) is 0 Å². The first-order chi connectivity index (χ1) is 11.6. The van der Waals surface area contributed by atoms with Crippen LogP contribution in [0.15, 0.2) is 48.8 Å². The molecule has 3 atom stereocenters. The molecule has 1 aromatic heterocycles. The van der Waals surface area contributed by atoms with Crippen molar-refractivity contribution in [1.82, 2.24) is 10.3 Å². The van der Waals surface area contributed by atoms with Crippen molar-refractivity contribution in [2.75, 3.05) is 0 Å². The third-order valence-electron chi connectivity index (χ3n) is 4.95. The van der Waals surface area contributed by atoms with E-state index >= 15 is 0 Å². The van der Waals surface area contributed by atoms with Crippen LogP contribution in [0, 0.1) is 5.92 Å². The largest absolute Gasteiger partial charge is 0.350 e. The summed E-state index contributed by atoms with van der Waals surface area (Å²) in [5, 5.41) is 3.10. The second-order valence-corrected chi connectivity index (χ2v) is 6.71. The first-order valence-electron chi connectivity index (χ1n) is 8.69. The first-order valence-corrected chi connectivity index (χ1v) is 8.69. The Morgan fingerprint density at radius 2 is 1.92 bits per heavy atom. The zero-order valence-electron chi connectivity index (χ0n) is 14.9. The number of benzene rings is 1. The number of nitrogens with one attached hydrogen (secondary N) is 1. The van der Waals surface area contributed by atoms with Gasteiger partial charge in [0.05, 0.1) is 6.04 Å². The van der Waals surface area contributed by atoms with Crippen molar-refractivity contribution in [2.24, 2.45) is 11.7 Å². The molecule has 1 aliphatic rings. The molecule has 26 heavy (non-hydrogen) atoms. The van der Waals surface area contributed by atoms with Crippen molar-refractivity contribution in [1.29, 1.82) is 0 Å². The second kappa shape index (κ2) is 10.5. The molecular weight excluding hydrogens is 369 g/mol. The van der Waals surface area contributed by atoms with Crippen molar-refractivity contribution in [3.8, 4) is 11.1 Å². The number of amides is 1. The molecule has 1 fully saturated rings. The van der Waals surface area contributed by atoms with E-state index in [9.17, 15) is 4.79 Å². The minimum Gasteiger partial charge on any atom is -0.350 e. The molecular formula is C20H27Cl2N3O. The lowest BCUT2D eigenvalue weighted by atomic mass is 9.99. The number of carbonyl (C=O) groups excluding carboxylic acids is 1. The summed E-state index contributed by atoms with van der Waals surface area (Å²) in [6.07, 6.45) is 7.42. The summed E-state index contributed by atoms with van der Waals surface area (Å²) in [6.45, 7) is 2.02. The van der Waals surface area contributed by atoms with Crippen LogP contribution in [0.5, 0.6) is 0 Å². The fourth-order valence-electron chi connectivity index (χ4n) is 3.44. The number of hydrogen-bond acceptors (Lipinski definition) is 3. The molecule has 0 bridgehead atoms. The summed E-state index contributed by atoms with van der Waals surface area (Å²) < 4.78 is 0. The van der Waals surface area contributed by atoms with Gasteiger partial charge in [-0.15, -0.1) is 24.8 Å². The van der Waals surface area contributed by atoms with Crippen LogP contribution < -0.4 is 11.1 Å². The highest BCUT2D eigenvalue weighted by Gasteiger charge is 2.26. The number of pyridine rings is 1. The van der Waals surface area contributed by atoms with Gasteiger partial charge in [0.2, 0.25) is 5.91 Å². The predicted molar refractivity (Wildman–Crippen MR) is 111 cm³/mol. The number of halogens is 2. The van der Waals surface area contributed by atoms with E-state index in [2.05, 4.69) is 34.6 Å². The molecule has 142 valence electrons. The van der Waals surface area contributed by atoms with Crippen LogP contribution >= 0.6 is 24.8 Å². The van der Waals surface area contributed by atoms with Crippen LogP contribution in [-0.4, -0.2) is 16.9 Å². The van der Waals surface area contributed by atoms with E-state index in [1.165, 1.54) is 0 Å². The maximum absolute atomic E-state index is 12.2. The Balaban J connectivity index is 0.00000169. The van der Waals surface area contributed by atoms with Gasteiger partial charge < -0.3 is 11.1 Å². The molecule has 1 unspecified atom stereocenters. The fourth-order valence-corrected chi connectivity index (χ4v) is 3.44. The van der Waals surface area contributed by atoms with Crippen LogP contribution in [0.1, 0.15) is 44.2 Å². The summed E-state index contributed by atoms with van der Waals surface area (Å²) in [5.74, 6) is 0.436. The molecule has 3 rings (SSSR count). The standard InChI is InChI=1S/C20H25N3O.2ClH/c1-14(23-20(24)12-17-4-2-6-19(17)21)15-7-9-16(10-8-15)18-5-3-11-22-13-18;;/h3,5,7-11,13-14,17,19H,2,4,6,12,21H2,1H3,(H,23,24);2*1H/t14?,17-,19+;;/m0../s1.